The molecule has 0 bridgehead atoms. The Bertz CT molecular complexity index is 421. The highest BCUT2D eigenvalue weighted by molar-refractivity contribution is 5.75. The number of hydrogen-bond donors (Lipinski definition) is 1. The molecule has 0 aromatic heterocycles. The number of hydrogen-bond acceptors (Lipinski definition) is 3. The van der Waals surface area contributed by atoms with E-state index in [1.54, 1.807) is 6.92 Å². The Hall–Kier alpha value is -1.39. The lowest BCUT2D eigenvalue weighted by atomic mass is 10.0. The van der Waals surface area contributed by atoms with Gasteiger partial charge in [0.25, 0.3) is 0 Å². The van der Waals surface area contributed by atoms with E-state index >= 15 is 0 Å². The van der Waals surface area contributed by atoms with Crippen LogP contribution in [0.1, 0.15) is 43.2 Å². The Labute approximate surface area is 119 Å². The van der Waals surface area contributed by atoms with Crippen LogP contribution in [0.25, 0.3) is 0 Å². The highest BCUT2D eigenvalue weighted by Gasteiger charge is 2.14. The van der Waals surface area contributed by atoms with E-state index in [-0.39, 0.29) is 6.10 Å². The summed E-state index contributed by atoms with van der Waals surface area (Å²) in [6.07, 6.45) is 3.68. The van der Waals surface area contributed by atoms with Crippen LogP contribution in [-0.4, -0.2) is 30.4 Å². The van der Waals surface area contributed by atoms with Crippen LogP contribution in [0, 0.1) is 0 Å². The molecule has 2 unspecified atom stereocenters. The first-order valence-electron chi connectivity index (χ1n) is 7.18. The summed E-state index contributed by atoms with van der Waals surface area (Å²) >= 11 is 0. The lowest BCUT2D eigenvalue weighted by molar-refractivity contribution is -0.138. The highest BCUT2D eigenvalue weighted by atomic mass is 16.5. The minimum absolute atomic E-state index is 0.232. The van der Waals surface area contributed by atoms with Crippen LogP contribution >= 0.6 is 0 Å². The Balaban J connectivity index is 1.77. The van der Waals surface area contributed by atoms with Crippen LogP contribution in [0.4, 0.5) is 0 Å². The molecule has 1 aromatic rings. The number of benzene rings is 1. The SMILES string of the molecule is CC(C(=O)O)c1ccc(COCC2CCCCO2)cc1. The predicted octanol–water partition coefficient (Wildman–Crippen LogP) is 2.96. The van der Waals surface area contributed by atoms with Gasteiger partial charge < -0.3 is 14.6 Å². The van der Waals surface area contributed by atoms with Crippen molar-refractivity contribution in [2.45, 2.75) is 44.8 Å². The molecule has 0 amide bonds. The van der Waals surface area contributed by atoms with Gasteiger partial charge in [-0.25, -0.2) is 0 Å². The summed E-state index contributed by atoms with van der Waals surface area (Å²) in [5.74, 6) is -1.27. The summed E-state index contributed by atoms with van der Waals surface area (Å²) in [5, 5.41) is 8.95. The molecule has 1 saturated heterocycles. The largest absolute Gasteiger partial charge is 0.481 e. The third kappa shape index (κ3) is 4.32. The van der Waals surface area contributed by atoms with Gasteiger partial charge in [0.2, 0.25) is 0 Å². The standard InChI is InChI=1S/C16H22O4/c1-12(16(17)18)14-7-5-13(6-8-14)10-19-11-15-4-2-3-9-20-15/h5-8,12,15H,2-4,9-11H2,1H3,(H,17,18). The molecule has 4 nitrogen and oxygen atoms in total. The van der Waals surface area contributed by atoms with E-state index in [0.717, 1.165) is 30.6 Å². The molecule has 20 heavy (non-hydrogen) atoms. The van der Waals surface area contributed by atoms with Gasteiger partial charge in [0.05, 0.1) is 25.2 Å². The second-order valence-electron chi connectivity index (χ2n) is 5.31. The van der Waals surface area contributed by atoms with Crippen molar-refractivity contribution in [1.82, 2.24) is 0 Å². The number of rotatable bonds is 6. The topological polar surface area (TPSA) is 55.8 Å². The lowest BCUT2D eigenvalue weighted by Crippen LogP contribution is -2.24. The van der Waals surface area contributed by atoms with Crippen LogP contribution < -0.4 is 0 Å². The molecule has 2 rings (SSSR count). The van der Waals surface area contributed by atoms with Crippen LogP contribution in [0.3, 0.4) is 0 Å². The van der Waals surface area contributed by atoms with Crippen LogP contribution in [0.5, 0.6) is 0 Å². The Morgan fingerprint density at radius 2 is 2.15 bits per heavy atom. The Morgan fingerprint density at radius 1 is 1.40 bits per heavy atom. The zero-order chi connectivity index (χ0) is 14.4. The Morgan fingerprint density at radius 3 is 2.75 bits per heavy atom. The monoisotopic (exact) mass is 278 g/mol. The summed E-state index contributed by atoms with van der Waals surface area (Å²) < 4.78 is 11.3. The van der Waals surface area contributed by atoms with Gasteiger partial charge in [-0.2, -0.15) is 0 Å². The molecule has 4 heteroatoms. The number of carboxylic acid groups (broad SMARTS) is 1. The van der Waals surface area contributed by atoms with Crippen LogP contribution in [0.15, 0.2) is 24.3 Å². The molecule has 0 aliphatic carbocycles. The molecule has 0 radical (unpaired) electrons. The van der Waals surface area contributed by atoms with E-state index < -0.39 is 11.9 Å². The van der Waals surface area contributed by atoms with E-state index in [2.05, 4.69) is 0 Å². The van der Waals surface area contributed by atoms with E-state index in [1.165, 1.54) is 6.42 Å². The molecule has 1 aliphatic heterocycles. The van der Waals surface area contributed by atoms with Gasteiger partial charge in [-0.3, -0.25) is 4.79 Å². The fraction of sp³-hybridized carbons (Fsp3) is 0.562. The maximum Gasteiger partial charge on any atom is 0.310 e. The summed E-state index contributed by atoms with van der Waals surface area (Å²) in [6, 6.07) is 7.57. The van der Waals surface area contributed by atoms with E-state index in [9.17, 15) is 4.79 Å². The summed E-state index contributed by atoms with van der Waals surface area (Å²) in [7, 11) is 0. The molecule has 1 aliphatic rings. The third-order valence-corrected chi connectivity index (χ3v) is 3.70. The number of aliphatic carboxylic acids is 1. The van der Waals surface area contributed by atoms with Crippen molar-refractivity contribution in [2.24, 2.45) is 0 Å². The summed E-state index contributed by atoms with van der Waals surface area (Å²) in [6.45, 7) is 3.71. The molecule has 0 spiro atoms. The molecule has 110 valence electrons. The first-order valence-corrected chi connectivity index (χ1v) is 7.18. The highest BCUT2D eigenvalue weighted by Crippen LogP contribution is 2.17. The van der Waals surface area contributed by atoms with Crippen molar-refractivity contribution in [3.63, 3.8) is 0 Å². The zero-order valence-electron chi connectivity index (χ0n) is 11.9. The van der Waals surface area contributed by atoms with Crippen molar-refractivity contribution in [3.8, 4) is 0 Å². The van der Waals surface area contributed by atoms with Crippen LogP contribution in [0.2, 0.25) is 0 Å². The molecule has 2 atom stereocenters. The molecular weight excluding hydrogens is 256 g/mol. The average molecular weight is 278 g/mol. The Kier molecular flexibility index (Phi) is 5.56. The quantitative estimate of drug-likeness (QED) is 0.869. The minimum Gasteiger partial charge on any atom is -0.481 e. The summed E-state index contributed by atoms with van der Waals surface area (Å²) in [4.78, 5) is 10.9. The van der Waals surface area contributed by atoms with Gasteiger partial charge >= 0.3 is 5.97 Å². The van der Waals surface area contributed by atoms with Crippen molar-refractivity contribution in [1.29, 1.82) is 0 Å². The van der Waals surface area contributed by atoms with Gasteiger partial charge in [0, 0.05) is 6.61 Å². The van der Waals surface area contributed by atoms with Gasteiger partial charge in [-0.05, 0) is 37.3 Å². The van der Waals surface area contributed by atoms with Crippen LogP contribution in [-0.2, 0) is 20.9 Å². The van der Waals surface area contributed by atoms with Crippen molar-refractivity contribution >= 4 is 5.97 Å². The van der Waals surface area contributed by atoms with E-state index in [1.807, 2.05) is 24.3 Å². The second kappa shape index (κ2) is 7.41. The molecule has 0 saturated carbocycles. The normalized spacial score (nSPS) is 20.6. The lowest BCUT2D eigenvalue weighted by Gasteiger charge is -2.22. The van der Waals surface area contributed by atoms with Crippen molar-refractivity contribution in [2.75, 3.05) is 13.2 Å². The van der Waals surface area contributed by atoms with Crippen molar-refractivity contribution < 1.29 is 19.4 Å². The molecular formula is C16H22O4. The molecule has 1 N–H and O–H groups in total. The first-order chi connectivity index (χ1) is 9.66. The fourth-order valence-corrected chi connectivity index (χ4v) is 2.29. The molecule has 1 aromatic carbocycles. The van der Waals surface area contributed by atoms with Crippen molar-refractivity contribution in [3.05, 3.63) is 35.4 Å². The van der Waals surface area contributed by atoms with Gasteiger partial charge in [0.1, 0.15) is 0 Å². The second-order valence-corrected chi connectivity index (χ2v) is 5.31. The van der Waals surface area contributed by atoms with E-state index in [4.69, 9.17) is 14.6 Å². The summed E-state index contributed by atoms with van der Waals surface area (Å²) in [5.41, 5.74) is 1.87. The maximum atomic E-state index is 10.9. The predicted molar refractivity (Wildman–Crippen MR) is 75.7 cm³/mol. The molecule has 1 fully saturated rings. The smallest absolute Gasteiger partial charge is 0.310 e. The van der Waals surface area contributed by atoms with E-state index in [0.29, 0.717) is 13.2 Å². The number of ether oxygens (including phenoxy) is 2. The number of carboxylic acids is 1. The number of carbonyl (C=O) groups is 1. The fourth-order valence-electron chi connectivity index (χ4n) is 2.29. The average Bonchev–Trinajstić information content (AvgIpc) is 2.48. The third-order valence-electron chi connectivity index (χ3n) is 3.70. The first kappa shape index (κ1) is 15.0. The van der Waals surface area contributed by atoms with Gasteiger partial charge in [-0.15, -0.1) is 0 Å². The van der Waals surface area contributed by atoms with Gasteiger partial charge in [-0.1, -0.05) is 24.3 Å². The molecule has 1 heterocycles. The zero-order valence-corrected chi connectivity index (χ0v) is 11.9. The maximum absolute atomic E-state index is 10.9. The van der Waals surface area contributed by atoms with Gasteiger partial charge in [0.15, 0.2) is 0 Å². The minimum atomic E-state index is -0.802.